The van der Waals surface area contributed by atoms with Crippen molar-refractivity contribution in [2.45, 2.75) is 13.8 Å². The molecule has 0 bridgehead atoms. The number of hydrogen-bond donors (Lipinski definition) is 0. The van der Waals surface area contributed by atoms with E-state index in [0.717, 1.165) is 16.8 Å². The summed E-state index contributed by atoms with van der Waals surface area (Å²) in [5.74, 6) is -0.291. The van der Waals surface area contributed by atoms with Crippen molar-refractivity contribution in [2.75, 3.05) is 6.61 Å². The maximum absolute atomic E-state index is 11.7. The number of carbonyl (C=O) groups excluding carboxylic acids is 1. The molecule has 0 saturated heterocycles. The van der Waals surface area contributed by atoms with E-state index in [1.165, 1.54) is 0 Å². The fourth-order valence-electron chi connectivity index (χ4n) is 1.82. The minimum atomic E-state index is -0.291. The Balaban J connectivity index is 2.39. The Morgan fingerprint density at radius 2 is 2.11 bits per heavy atom. The fourth-order valence-corrected chi connectivity index (χ4v) is 1.82. The molecule has 0 atom stereocenters. The van der Waals surface area contributed by atoms with Crippen LogP contribution in [0, 0.1) is 6.92 Å². The molecule has 3 heteroatoms. The first kappa shape index (κ1) is 12.3. The molecule has 0 aliphatic heterocycles. The fraction of sp³-hybridized carbons (Fsp3) is 0.200. The monoisotopic (exact) mass is 241 g/mol. The van der Waals surface area contributed by atoms with Gasteiger partial charge in [-0.25, -0.2) is 4.79 Å². The molecule has 2 aromatic rings. The van der Waals surface area contributed by atoms with Crippen LogP contribution in [-0.4, -0.2) is 17.6 Å². The van der Waals surface area contributed by atoms with Gasteiger partial charge in [-0.2, -0.15) is 0 Å². The van der Waals surface area contributed by atoms with Gasteiger partial charge in [0.2, 0.25) is 0 Å². The molecule has 1 aromatic heterocycles. The highest BCUT2D eigenvalue weighted by Crippen LogP contribution is 2.22. The second kappa shape index (κ2) is 5.45. The molecule has 0 unspecified atom stereocenters. The molecule has 3 nitrogen and oxygen atoms in total. The number of nitrogens with zero attached hydrogens (tertiary/aromatic N) is 1. The lowest BCUT2D eigenvalue weighted by atomic mass is 10.0. The predicted octanol–water partition coefficient (Wildman–Crippen LogP) is 3.23. The highest BCUT2D eigenvalue weighted by atomic mass is 16.5. The summed E-state index contributed by atoms with van der Waals surface area (Å²) in [5, 5.41) is 0. The standard InChI is InChI=1S/C15H15NO2/c1-3-18-15(17)13-7-4-6-12(10-13)14-8-5-9-16-11(14)2/h4-10H,3H2,1-2H3. The smallest absolute Gasteiger partial charge is 0.338 e. The Morgan fingerprint density at radius 3 is 2.83 bits per heavy atom. The van der Waals surface area contributed by atoms with Gasteiger partial charge in [-0.3, -0.25) is 4.98 Å². The van der Waals surface area contributed by atoms with E-state index < -0.39 is 0 Å². The molecule has 0 aliphatic rings. The van der Waals surface area contributed by atoms with E-state index in [2.05, 4.69) is 4.98 Å². The van der Waals surface area contributed by atoms with Crippen molar-refractivity contribution in [1.82, 2.24) is 4.98 Å². The summed E-state index contributed by atoms with van der Waals surface area (Å²) in [4.78, 5) is 15.9. The Hall–Kier alpha value is -2.16. The van der Waals surface area contributed by atoms with E-state index in [-0.39, 0.29) is 5.97 Å². The highest BCUT2D eigenvalue weighted by molar-refractivity contribution is 5.91. The Labute approximate surface area is 106 Å². The summed E-state index contributed by atoms with van der Waals surface area (Å²) >= 11 is 0. The zero-order valence-corrected chi connectivity index (χ0v) is 10.5. The second-order valence-electron chi connectivity index (χ2n) is 3.94. The molecular weight excluding hydrogens is 226 g/mol. The maximum Gasteiger partial charge on any atom is 0.338 e. The van der Waals surface area contributed by atoms with Gasteiger partial charge in [0.05, 0.1) is 12.2 Å². The molecular formula is C15H15NO2. The van der Waals surface area contributed by atoms with E-state index in [4.69, 9.17) is 4.74 Å². The van der Waals surface area contributed by atoms with Crippen molar-refractivity contribution in [1.29, 1.82) is 0 Å². The van der Waals surface area contributed by atoms with Gasteiger partial charge in [0.25, 0.3) is 0 Å². The van der Waals surface area contributed by atoms with Gasteiger partial charge in [0.15, 0.2) is 0 Å². The molecule has 92 valence electrons. The summed E-state index contributed by atoms with van der Waals surface area (Å²) < 4.78 is 4.99. The van der Waals surface area contributed by atoms with Crippen LogP contribution < -0.4 is 0 Å². The van der Waals surface area contributed by atoms with E-state index in [1.54, 1.807) is 19.2 Å². The molecule has 0 aliphatic carbocycles. The number of rotatable bonds is 3. The third-order valence-corrected chi connectivity index (χ3v) is 2.69. The van der Waals surface area contributed by atoms with Crippen LogP contribution in [0.5, 0.6) is 0 Å². The van der Waals surface area contributed by atoms with Crippen molar-refractivity contribution in [3.8, 4) is 11.1 Å². The average molecular weight is 241 g/mol. The van der Waals surface area contributed by atoms with Gasteiger partial charge in [-0.1, -0.05) is 18.2 Å². The van der Waals surface area contributed by atoms with Crippen molar-refractivity contribution in [3.63, 3.8) is 0 Å². The predicted molar refractivity (Wildman–Crippen MR) is 70.4 cm³/mol. The van der Waals surface area contributed by atoms with Gasteiger partial charge in [0.1, 0.15) is 0 Å². The number of aryl methyl sites for hydroxylation is 1. The SMILES string of the molecule is CCOC(=O)c1cccc(-c2cccnc2C)c1. The molecule has 0 N–H and O–H groups in total. The number of pyridine rings is 1. The lowest BCUT2D eigenvalue weighted by molar-refractivity contribution is 0.0526. The van der Waals surface area contributed by atoms with Gasteiger partial charge < -0.3 is 4.74 Å². The van der Waals surface area contributed by atoms with Crippen LogP contribution in [-0.2, 0) is 4.74 Å². The van der Waals surface area contributed by atoms with Crippen LogP contribution in [0.4, 0.5) is 0 Å². The molecule has 1 aromatic carbocycles. The van der Waals surface area contributed by atoms with Crippen LogP contribution >= 0.6 is 0 Å². The number of hydrogen-bond acceptors (Lipinski definition) is 3. The zero-order valence-electron chi connectivity index (χ0n) is 10.5. The Morgan fingerprint density at radius 1 is 1.28 bits per heavy atom. The number of benzene rings is 1. The van der Waals surface area contributed by atoms with Gasteiger partial charge in [0, 0.05) is 17.5 Å². The molecule has 18 heavy (non-hydrogen) atoms. The molecule has 0 saturated carbocycles. The van der Waals surface area contributed by atoms with Gasteiger partial charge >= 0.3 is 5.97 Å². The summed E-state index contributed by atoms with van der Waals surface area (Å²) in [7, 11) is 0. The molecule has 0 spiro atoms. The highest BCUT2D eigenvalue weighted by Gasteiger charge is 2.08. The lowest BCUT2D eigenvalue weighted by Crippen LogP contribution is -2.04. The first-order valence-electron chi connectivity index (χ1n) is 5.91. The normalized spacial score (nSPS) is 10.1. The Kier molecular flexibility index (Phi) is 3.72. The maximum atomic E-state index is 11.7. The van der Waals surface area contributed by atoms with Crippen LogP contribution in [0.1, 0.15) is 23.0 Å². The second-order valence-corrected chi connectivity index (χ2v) is 3.94. The summed E-state index contributed by atoms with van der Waals surface area (Å²) in [5.41, 5.74) is 3.52. The van der Waals surface area contributed by atoms with E-state index in [1.807, 2.05) is 37.3 Å². The average Bonchev–Trinajstić information content (AvgIpc) is 2.40. The Bertz CT molecular complexity index is 564. The van der Waals surface area contributed by atoms with Gasteiger partial charge in [-0.05, 0) is 37.6 Å². The first-order valence-corrected chi connectivity index (χ1v) is 5.91. The summed E-state index contributed by atoms with van der Waals surface area (Å²) in [6.07, 6.45) is 1.76. The van der Waals surface area contributed by atoms with Crippen LogP contribution in [0.15, 0.2) is 42.6 Å². The largest absolute Gasteiger partial charge is 0.462 e. The number of ether oxygens (including phenoxy) is 1. The number of carbonyl (C=O) groups is 1. The first-order chi connectivity index (χ1) is 8.72. The minimum Gasteiger partial charge on any atom is -0.462 e. The number of esters is 1. The van der Waals surface area contributed by atoms with Crippen LogP contribution in [0.25, 0.3) is 11.1 Å². The van der Waals surface area contributed by atoms with Crippen LogP contribution in [0.3, 0.4) is 0 Å². The van der Waals surface area contributed by atoms with Crippen molar-refractivity contribution in [3.05, 3.63) is 53.9 Å². The van der Waals surface area contributed by atoms with Gasteiger partial charge in [-0.15, -0.1) is 0 Å². The third-order valence-electron chi connectivity index (χ3n) is 2.69. The molecule has 2 rings (SSSR count). The third kappa shape index (κ3) is 2.56. The topological polar surface area (TPSA) is 39.2 Å². The molecule has 0 fully saturated rings. The van der Waals surface area contributed by atoms with Crippen molar-refractivity contribution in [2.24, 2.45) is 0 Å². The van der Waals surface area contributed by atoms with Crippen LogP contribution in [0.2, 0.25) is 0 Å². The van der Waals surface area contributed by atoms with E-state index >= 15 is 0 Å². The summed E-state index contributed by atoms with van der Waals surface area (Å²) in [6, 6.07) is 11.3. The van der Waals surface area contributed by atoms with E-state index in [0.29, 0.717) is 12.2 Å². The molecule has 1 heterocycles. The lowest BCUT2D eigenvalue weighted by Gasteiger charge is -2.07. The van der Waals surface area contributed by atoms with Crippen molar-refractivity contribution < 1.29 is 9.53 Å². The minimum absolute atomic E-state index is 0.291. The number of aromatic nitrogens is 1. The quantitative estimate of drug-likeness (QED) is 0.774. The molecule has 0 radical (unpaired) electrons. The van der Waals surface area contributed by atoms with Crippen molar-refractivity contribution >= 4 is 5.97 Å². The summed E-state index contributed by atoms with van der Waals surface area (Å²) in [6.45, 7) is 4.13. The van der Waals surface area contributed by atoms with E-state index in [9.17, 15) is 4.79 Å². The zero-order chi connectivity index (χ0) is 13.0. The molecule has 0 amide bonds.